The van der Waals surface area contributed by atoms with E-state index in [9.17, 15) is 4.79 Å². The Bertz CT molecular complexity index is 899. The highest BCUT2D eigenvalue weighted by Crippen LogP contribution is 2.38. The third-order valence-corrected chi connectivity index (χ3v) is 5.42. The maximum atomic E-state index is 12.6. The highest BCUT2D eigenvalue weighted by molar-refractivity contribution is 7.21. The lowest BCUT2D eigenvalue weighted by atomic mass is 10.0. The normalized spacial score (nSPS) is 11.0. The van der Waals surface area contributed by atoms with E-state index in [1.54, 1.807) is 13.2 Å². The van der Waals surface area contributed by atoms with Crippen molar-refractivity contribution in [2.24, 2.45) is 0 Å². The lowest BCUT2D eigenvalue weighted by molar-refractivity contribution is 0.0738. The minimum absolute atomic E-state index is 0.260. The molecule has 0 aliphatic heterocycles. The second-order valence-electron chi connectivity index (χ2n) is 5.69. The van der Waals surface area contributed by atoms with Crippen LogP contribution in [0.15, 0.2) is 42.5 Å². The van der Waals surface area contributed by atoms with E-state index < -0.39 is 5.97 Å². The molecule has 124 valence electrons. The molecule has 3 rings (SSSR count). The molecule has 1 aromatic heterocycles. The monoisotopic (exact) mass is 360 g/mol. The van der Waals surface area contributed by atoms with Gasteiger partial charge in [0, 0.05) is 10.1 Å². The smallest absolute Gasteiger partial charge is 0.355 e. The molecule has 0 aliphatic rings. The van der Waals surface area contributed by atoms with Crippen molar-refractivity contribution in [3.63, 3.8) is 0 Å². The van der Waals surface area contributed by atoms with Crippen molar-refractivity contribution in [2.75, 3.05) is 7.11 Å². The lowest BCUT2D eigenvalue weighted by Crippen LogP contribution is -2.09. The lowest BCUT2D eigenvalue weighted by Gasteiger charge is -2.12. The Hall–Kier alpha value is -2.04. The maximum Gasteiger partial charge on any atom is 0.355 e. The van der Waals surface area contributed by atoms with E-state index in [0.717, 1.165) is 15.6 Å². The van der Waals surface area contributed by atoms with Gasteiger partial charge in [0.1, 0.15) is 16.4 Å². The Morgan fingerprint density at radius 1 is 1.17 bits per heavy atom. The molecule has 0 atom stereocenters. The van der Waals surface area contributed by atoms with Gasteiger partial charge in [0.15, 0.2) is 0 Å². The Balaban J connectivity index is 1.96. The molecule has 24 heavy (non-hydrogen) atoms. The number of hydrogen-bond donors (Lipinski definition) is 0. The number of carbonyl (C=O) groups excluding carboxylic acids is 1. The van der Waals surface area contributed by atoms with Gasteiger partial charge in [0.25, 0.3) is 0 Å². The second kappa shape index (κ2) is 6.83. The molecule has 0 amide bonds. The van der Waals surface area contributed by atoms with Crippen molar-refractivity contribution in [3.8, 4) is 11.5 Å². The highest BCUT2D eigenvalue weighted by atomic mass is 35.5. The van der Waals surface area contributed by atoms with Crippen LogP contribution in [0.5, 0.6) is 11.5 Å². The van der Waals surface area contributed by atoms with Crippen LogP contribution in [0.4, 0.5) is 0 Å². The van der Waals surface area contributed by atoms with Crippen LogP contribution in [-0.4, -0.2) is 13.1 Å². The number of ether oxygens (including phenoxy) is 2. The number of fused-ring (bicyclic) bond motifs is 1. The zero-order chi connectivity index (χ0) is 17.3. The molecule has 0 unspecified atom stereocenters. The standard InChI is InChI=1S/C19H17ClO3S/c1-11(2)13-6-4-5-7-15(13)23-19(21)18-17(20)14-10-12(22-3)8-9-16(14)24-18/h4-11H,1-3H3. The molecule has 0 N–H and O–H groups in total. The first-order valence-electron chi connectivity index (χ1n) is 7.58. The third-order valence-electron chi connectivity index (χ3n) is 3.76. The Kier molecular flexibility index (Phi) is 4.78. The van der Waals surface area contributed by atoms with Gasteiger partial charge in [0.2, 0.25) is 0 Å². The van der Waals surface area contributed by atoms with Crippen molar-refractivity contribution in [2.45, 2.75) is 19.8 Å². The van der Waals surface area contributed by atoms with Gasteiger partial charge in [-0.3, -0.25) is 0 Å². The summed E-state index contributed by atoms with van der Waals surface area (Å²) in [6.45, 7) is 4.12. The average Bonchev–Trinajstić information content (AvgIpc) is 2.91. The van der Waals surface area contributed by atoms with Gasteiger partial charge >= 0.3 is 5.97 Å². The van der Waals surface area contributed by atoms with Crippen molar-refractivity contribution >= 4 is 39.0 Å². The first-order valence-corrected chi connectivity index (χ1v) is 8.78. The Morgan fingerprint density at radius 3 is 2.62 bits per heavy atom. The number of methoxy groups -OCH3 is 1. The fourth-order valence-corrected chi connectivity index (χ4v) is 3.86. The van der Waals surface area contributed by atoms with Crippen LogP contribution in [-0.2, 0) is 0 Å². The largest absolute Gasteiger partial charge is 0.497 e. The van der Waals surface area contributed by atoms with Crippen LogP contribution >= 0.6 is 22.9 Å². The van der Waals surface area contributed by atoms with E-state index in [1.807, 2.05) is 36.4 Å². The maximum absolute atomic E-state index is 12.6. The minimum Gasteiger partial charge on any atom is -0.497 e. The van der Waals surface area contributed by atoms with Crippen LogP contribution in [0.25, 0.3) is 10.1 Å². The summed E-state index contributed by atoms with van der Waals surface area (Å²) in [4.78, 5) is 13.0. The predicted octanol–water partition coefficient (Wildman–Crippen LogP) is 5.91. The summed E-state index contributed by atoms with van der Waals surface area (Å²) >= 11 is 7.73. The van der Waals surface area contributed by atoms with Crippen LogP contribution in [0.1, 0.15) is 35.0 Å². The number of para-hydroxylation sites is 1. The quantitative estimate of drug-likeness (QED) is 0.429. The van der Waals surface area contributed by atoms with E-state index >= 15 is 0 Å². The summed E-state index contributed by atoms with van der Waals surface area (Å²) < 4.78 is 11.8. The van der Waals surface area contributed by atoms with Gasteiger partial charge < -0.3 is 9.47 Å². The van der Waals surface area contributed by atoms with Crippen molar-refractivity contribution in [1.29, 1.82) is 0 Å². The fourth-order valence-electron chi connectivity index (χ4n) is 2.50. The number of hydrogen-bond acceptors (Lipinski definition) is 4. The Labute approximate surface area is 149 Å². The molecule has 0 fully saturated rings. The van der Waals surface area contributed by atoms with Gasteiger partial charge in [0.05, 0.1) is 12.1 Å². The van der Waals surface area contributed by atoms with E-state index in [2.05, 4.69) is 13.8 Å². The summed E-state index contributed by atoms with van der Waals surface area (Å²) in [5.74, 6) is 1.10. The molecule has 0 bridgehead atoms. The van der Waals surface area contributed by atoms with Crippen LogP contribution in [0, 0.1) is 0 Å². The number of esters is 1. The number of carbonyl (C=O) groups is 1. The molecular formula is C19H17ClO3S. The van der Waals surface area contributed by atoms with E-state index in [0.29, 0.717) is 21.4 Å². The summed E-state index contributed by atoms with van der Waals surface area (Å²) in [6, 6.07) is 13.1. The summed E-state index contributed by atoms with van der Waals surface area (Å²) in [5, 5.41) is 1.20. The van der Waals surface area contributed by atoms with E-state index in [-0.39, 0.29) is 5.92 Å². The number of thiophene rings is 1. The van der Waals surface area contributed by atoms with Crippen LogP contribution in [0.3, 0.4) is 0 Å². The van der Waals surface area contributed by atoms with Crippen molar-refractivity contribution in [1.82, 2.24) is 0 Å². The highest BCUT2D eigenvalue weighted by Gasteiger charge is 2.21. The number of halogens is 1. The summed E-state index contributed by atoms with van der Waals surface area (Å²) in [6.07, 6.45) is 0. The summed E-state index contributed by atoms with van der Waals surface area (Å²) in [5.41, 5.74) is 0.991. The van der Waals surface area contributed by atoms with E-state index in [4.69, 9.17) is 21.1 Å². The molecule has 0 saturated carbocycles. The van der Waals surface area contributed by atoms with Gasteiger partial charge in [-0.05, 0) is 35.7 Å². The molecule has 0 radical (unpaired) electrons. The fraction of sp³-hybridized carbons (Fsp3) is 0.211. The zero-order valence-corrected chi connectivity index (χ0v) is 15.2. The van der Waals surface area contributed by atoms with E-state index in [1.165, 1.54) is 11.3 Å². The molecule has 0 spiro atoms. The van der Waals surface area contributed by atoms with Crippen molar-refractivity contribution < 1.29 is 14.3 Å². The zero-order valence-electron chi connectivity index (χ0n) is 13.6. The first kappa shape index (κ1) is 16.8. The van der Waals surface area contributed by atoms with Crippen LogP contribution < -0.4 is 9.47 Å². The Morgan fingerprint density at radius 2 is 1.92 bits per heavy atom. The van der Waals surface area contributed by atoms with Crippen LogP contribution in [0.2, 0.25) is 5.02 Å². The minimum atomic E-state index is -0.437. The molecule has 3 nitrogen and oxygen atoms in total. The number of rotatable bonds is 4. The average molecular weight is 361 g/mol. The number of benzene rings is 2. The van der Waals surface area contributed by atoms with Gasteiger partial charge in [-0.2, -0.15) is 0 Å². The molecular weight excluding hydrogens is 344 g/mol. The SMILES string of the molecule is COc1ccc2sc(C(=O)Oc3ccccc3C(C)C)c(Cl)c2c1. The van der Waals surface area contributed by atoms with Crippen molar-refractivity contribution in [3.05, 3.63) is 57.9 Å². The topological polar surface area (TPSA) is 35.5 Å². The first-order chi connectivity index (χ1) is 11.5. The molecule has 2 aromatic carbocycles. The second-order valence-corrected chi connectivity index (χ2v) is 7.12. The molecule has 1 heterocycles. The molecule has 0 saturated heterocycles. The molecule has 0 aliphatic carbocycles. The van der Waals surface area contributed by atoms with Gasteiger partial charge in [-0.15, -0.1) is 11.3 Å². The summed E-state index contributed by atoms with van der Waals surface area (Å²) in [7, 11) is 1.60. The van der Waals surface area contributed by atoms with Gasteiger partial charge in [-0.25, -0.2) is 4.79 Å². The predicted molar refractivity (Wildman–Crippen MR) is 98.9 cm³/mol. The molecule has 3 aromatic rings. The molecule has 5 heteroatoms. The third kappa shape index (κ3) is 3.12. The van der Waals surface area contributed by atoms with Gasteiger partial charge in [-0.1, -0.05) is 43.6 Å².